The van der Waals surface area contributed by atoms with Gasteiger partial charge < -0.3 is 19.9 Å². The predicted molar refractivity (Wildman–Crippen MR) is 161 cm³/mol. The van der Waals surface area contributed by atoms with E-state index in [4.69, 9.17) is 21.3 Å². The summed E-state index contributed by atoms with van der Waals surface area (Å²) in [4.78, 5) is 40.0. The molecule has 4 aromatic rings. The van der Waals surface area contributed by atoms with Crippen LogP contribution in [0.4, 0.5) is 11.5 Å². The van der Waals surface area contributed by atoms with Gasteiger partial charge in [-0.3, -0.25) is 4.79 Å². The highest BCUT2D eigenvalue weighted by Crippen LogP contribution is 2.27. The topological polar surface area (TPSA) is 87.7 Å². The molecule has 3 aromatic carbocycles. The molecule has 1 amide bonds. The van der Waals surface area contributed by atoms with Gasteiger partial charge in [-0.1, -0.05) is 48.0 Å². The van der Waals surface area contributed by atoms with Crippen LogP contribution in [0.5, 0.6) is 0 Å². The summed E-state index contributed by atoms with van der Waals surface area (Å²) in [6, 6.07) is 24.1. The van der Waals surface area contributed by atoms with Crippen molar-refractivity contribution < 1.29 is 14.3 Å². The van der Waals surface area contributed by atoms with E-state index < -0.39 is 17.9 Å². The van der Waals surface area contributed by atoms with Gasteiger partial charge in [0.15, 0.2) is 5.82 Å². The first-order valence-corrected chi connectivity index (χ1v) is 13.8. The first kappa shape index (κ1) is 28.1. The van der Waals surface area contributed by atoms with E-state index in [2.05, 4.69) is 33.4 Å². The smallest absolute Gasteiger partial charge is 0.328 e. The Hall–Kier alpha value is -4.43. The second kappa shape index (κ2) is 12.4. The Bertz CT molecular complexity index is 1540. The van der Waals surface area contributed by atoms with Gasteiger partial charge in [-0.2, -0.15) is 0 Å². The van der Waals surface area contributed by atoms with Crippen LogP contribution in [-0.2, 0) is 28.9 Å². The molecule has 210 valence electrons. The molecule has 0 saturated heterocycles. The van der Waals surface area contributed by atoms with Gasteiger partial charge in [-0.25, -0.2) is 14.8 Å². The molecule has 0 bridgehead atoms. The average molecular weight is 570 g/mol. The summed E-state index contributed by atoms with van der Waals surface area (Å²) in [6.07, 6.45) is 1.12. The van der Waals surface area contributed by atoms with E-state index in [-0.39, 0.29) is 12.1 Å². The second-order valence-electron chi connectivity index (χ2n) is 10.2. The number of hydrogen-bond donors (Lipinski definition) is 1. The van der Waals surface area contributed by atoms with Crippen molar-refractivity contribution in [1.29, 1.82) is 0 Å². The largest absolute Gasteiger partial charge is 0.467 e. The van der Waals surface area contributed by atoms with Crippen molar-refractivity contribution in [2.45, 2.75) is 25.4 Å². The van der Waals surface area contributed by atoms with Crippen LogP contribution in [-0.4, -0.2) is 55.6 Å². The van der Waals surface area contributed by atoms with E-state index in [9.17, 15) is 9.59 Å². The molecule has 1 atom stereocenters. The molecule has 2 heterocycles. The summed E-state index contributed by atoms with van der Waals surface area (Å²) in [5.74, 6) is 0.0547. The van der Waals surface area contributed by atoms with Crippen LogP contribution in [0.2, 0.25) is 5.02 Å². The van der Waals surface area contributed by atoms with Crippen LogP contribution in [0, 0.1) is 0 Å². The third-order valence-electron chi connectivity index (χ3n) is 7.19. The number of ether oxygens (including phenoxy) is 1. The summed E-state index contributed by atoms with van der Waals surface area (Å²) >= 11 is 6.02. The minimum absolute atomic E-state index is 0.172. The number of carbonyl (C=O) groups is 2. The minimum atomic E-state index is -0.906. The molecule has 1 N–H and O–H groups in total. The van der Waals surface area contributed by atoms with Crippen molar-refractivity contribution >= 4 is 35.0 Å². The van der Waals surface area contributed by atoms with E-state index in [1.807, 2.05) is 61.5 Å². The molecule has 0 fully saturated rings. The molecule has 5 rings (SSSR count). The monoisotopic (exact) mass is 569 g/mol. The zero-order chi connectivity index (χ0) is 28.9. The highest BCUT2D eigenvalue weighted by Gasteiger charge is 2.26. The van der Waals surface area contributed by atoms with Crippen LogP contribution in [0.3, 0.4) is 0 Å². The zero-order valence-electron chi connectivity index (χ0n) is 23.3. The number of aromatic nitrogens is 2. The van der Waals surface area contributed by atoms with Gasteiger partial charge in [-0.05, 0) is 59.5 Å². The molecule has 0 spiro atoms. The van der Waals surface area contributed by atoms with Gasteiger partial charge in [-0.15, -0.1) is 0 Å². The number of halogens is 1. The van der Waals surface area contributed by atoms with E-state index in [1.165, 1.54) is 18.2 Å². The van der Waals surface area contributed by atoms with E-state index in [0.29, 0.717) is 23.2 Å². The summed E-state index contributed by atoms with van der Waals surface area (Å²) in [5, 5.41) is 3.42. The highest BCUT2D eigenvalue weighted by atomic mass is 35.5. The number of rotatable bonds is 8. The molecule has 8 nitrogen and oxygen atoms in total. The Morgan fingerprint density at radius 2 is 1.71 bits per heavy atom. The highest BCUT2D eigenvalue weighted by molar-refractivity contribution is 6.30. The lowest BCUT2D eigenvalue weighted by Crippen LogP contribution is -2.43. The van der Waals surface area contributed by atoms with Crippen molar-refractivity contribution in [3.8, 4) is 11.4 Å². The quantitative estimate of drug-likeness (QED) is 0.301. The van der Waals surface area contributed by atoms with Crippen molar-refractivity contribution in [3.63, 3.8) is 0 Å². The Balaban J connectivity index is 1.48. The Labute approximate surface area is 244 Å². The summed E-state index contributed by atoms with van der Waals surface area (Å²) in [6.45, 7) is 1.43. The number of nitrogens with one attached hydrogen (secondary N) is 1. The predicted octanol–water partition coefficient (Wildman–Crippen LogP) is 4.94. The first-order valence-electron chi connectivity index (χ1n) is 13.4. The number of methoxy groups -OCH3 is 1. The third-order valence-corrected chi connectivity index (χ3v) is 7.44. The van der Waals surface area contributed by atoms with Crippen LogP contribution in [0.15, 0.2) is 78.9 Å². The lowest BCUT2D eigenvalue weighted by atomic mass is 10.00. The molecule has 41 heavy (non-hydrogen) atoms. The number of esters is 1. The van der Waals surface area contributed by atoms with Gasteiger partial charge >= 0.3 is 5.97 Å². The van der Waals surface area contributed by atoms with Gasteiger partial charge in [0.2, 0.25) is 0 Å². The van der Waals surface area contributed by atoms with Gasteiger partial charge in [0.25, 0.3) is 5.91 Å². The Kier molecular flexibility index (Phi) is 8.50. The van der Waals surface area contributed by atoms with Gasteiger partial charge in [0.1, 0.15) is 17.6 Å². The molecule has 1 aromatic heterocycles. The lowest BCUT2D eigenvalue weighted by molar-refractivity contribution is -0.142. The van der Waals surface area contributed by atoms with Gasteiger partial charge in [0, 0.05) is 55.9 Å². The molecule has 1 aliphatic heterocycles. The fourth-order valence-corrected chi connectivity index (χ4v) is 4.99. The number of hydrogen-bond acceptors (Lipinski definition) is 7. The average Bonchev–Trinajstić information content (AvgIpc) is 3.00. The third kappa shape index (κ3) is 6.66. The Morgan fingerprint density at radius 3 is 2.39 bits per heavy atom. The molecule has 1 aliphatic rings. The standard InChI is InChI=1S/C32H32ClN5O3/c1-37(2)26-14-10-23(11-15-26)30-34-27(19-29(36-30)38-17-16-22-6-4-5-7-24(22)20-38)31(39)35-28(32(40)41-3)18-21-8-12-25(33)13-9-21/h4-15,19,28H,16-18,20H2,1-3H3,(H,35,39)/t28-/m1/s1. The molecule has 0 aliphatic carbocycles. The molecule has 9 heteroatoms. The number of anilines is 2. The van der Waals surface area contributed by atoms with Crippen LogP contribution in [0.1, 0.15) is 27.2 Å². The minimum Gasteiger partial charge on any atom is -0.467 e. The summed E-state index contributed by atoms with van der Waals surface area (Å²) in [5.41, 5.74) is 5.38. The maximum absolute atomic E-state index is 13.6. The van der Waals surface area contributed by atoms with Gasteiger partial charge in [0.05, 0.1) is 7.11 Å². The molecule has 0 radical (unpaired) electrons. The van der Waals surface area contributed by atoms with Crippen LogP contribution >= 0.6 is 11.6 Å². The van der Waals surface area contributed by atoms with Crippen LogP contribution < -0.4 is 15.1 Å². The van der Waals surface area contributed by atoms with Crippen molar-refractivity contribution in [2.75, 3.05) is 37.5 Å². The zero-order valence-corrected chi connectivity index (χ0v) is 24.1. The fourth-order valence-electron chi connectivity index (χ4n) is 4.87. The molecular formula is C32H32ClN5O3. The number of carbonyl (C=O) groups excluding carboxylic acids is 2. The van der Waals surface area contributed by atoms with E-state index >= 15 is 0 Å². The van der Waals surface area contributed by atoms with E-state index in [1.54, 1.807) is 18.2 Å². The van der Waals surface area contributed by atoms with Crippen molar-refractivity contribution in [2.24, 2.45) is 0 Å². The number of fused-ring (bicyclic) bond motifs is 1. The maximum atomic E-state index is 13.6. The first-order chi connectivity index (χ1) is 19.8. The number of benzene rings is 3. The normalized spacial score (nSPS) is 13.2. The van der Waals surface area contributed by atoms with E-state index in [0.717, 1.165) is 29.8 Å². The van der Waals surface area contributed by atoms with Crippen molar-refractivity contribution in [3.05, 3.63) is 106 Å². The maximum Gasteiger partial charge on any atom is 0.328 e. The molecule has 0 saturated carbocycles. The number of amides is 1. The fraction of sp³-hybridized carbons (Fsp3) is 0.250. The molecular weight excluding hydrogens is 538 g/mol. The summed E-state index contributed by atoms with van der Waals surface area (Å²) < 4.78 is 5.00. The SMILES string of the molecule is COC(=O)[C@@H](Cc1ccc(Cl)cc1)NC(=O)c1cc(N2CCc3ccccc3C2)nc(-c2ccc(N(C)C)cc2)n1. The second-order valence-corrected chi connectivity index (χ2v) is 10.6. The number of nitrogens with zero attached hydrogens (tertiary/aromatic N) is 4. The molecule has 0 unspecified atom stereocenters. The van der Waals surface area contributed by atoms with Crippen LogP contribution in [0.25, 0.3) is 11.4 Å². The van der Waals surface area contributed by atoms with Crippen molar-refractivity contribution in [1.82, 2.24) is 15.3 Å². The lowest BCUT2D eigenvalue weighted by Gasteiger charge is -2.30. The Morgan fingerprint density at radius 1 is 1.00 bits per heavy atom. The summed E-state index contributed by atoms with van der Waals surface area (Å²) in [7, 11) is 5.25.